The number of nitrogens with zero attached hydrogens (tertiary/aromatic N) is 7. The highest BCUT2D eigenvalue weighted by Gasteiger charge is 2.43. The number of carbonyl (C=O) groups excluding carboxylic acids is 1. The fourth-order valence-corrected chi connectivity index (χ4v) is 13.1. The highest BCUT2D eigenvalue weighted by molar-refractivity contribution is 5.81. The highest BCUT2D eigenvalue weighted by atomic mass is 16.5. The van der Waals surface area contributed by atoms with E-state index in [2.05, 4.69) is 162 Å². The molecular formula is C71H81N7O3. The number of nitriles is 2. The predicted octanol–water partition coefficient (Wildman–Crippen LogP) is 16.4. The van der Waals surface area contributed by atoms with Crippen LogP contribution in [0.3, 0.4) is 0 Å². The normalized spacial score (nSPS) is 21.2. The molecule has 0 N–H and O–H groups in total. The Balaban J connectivity index is 0.000000200. The number of hydrogen-bond acceptors (Lipinski definition) is 8. The van der Waals surface area contributed by atoms with Gasteiger partial charge in [0.05, 0.1) is 36.8 Å². The van der Waals surface area contributed by atoms with Crippen LogP contribution in [-0.2, 0) is 42.0 Å². The lowest BCUT2D eigenvalue weighted by Crippen LogP contribution is -2.44. The molecule has 0 fully saturated rings. The molecule has 0 aliphatic carbocycles. The molecule has 0 spiro atoms. The Kier molecular flexibility index (Phi) is 15.4. The number of aldehydes is 1. The van der Waals surface area contributed by atoms with Crippen molar-refractivity contribution in [2.45, 2.75) is 168 Å². The predicted molar refractivity (Wildman–Crippen MR) is 330 cm³/mol. The van der Waals surface area contributed by atoms with Crippen molar-refractivity contribution < 1.29 is 14.3 Å². The molecule has 0 aromatic heterocycles. The largest absolute Gasteiger partial charge is 0.467 e. The quantitative estimate of drug-likeness (QED) is 0.141. The van der Waals surface area contributed by atoms with Crippen LogP contribution in [0.25, 0.3) is 21.8 Å². The maximum absolute atomic E-state index is 11.3. The minimum Gasteiger partial charge on any atom is -0.467 e. The van der Waals surface area contributed by atoms with Crippen molar-refractivity contribution in [1.29, 1.82) is 10.5 Å². The van der Waals surface area contributed by atoms with Gasteiger partial charge in [-0.05, 0) is 213 Å². The van der Waals surface area contributed by atoms with Gasteiger partial charge in [-0.3, -0.25) is 4.79 Å². The maximum atomic E-state index is 11.3. The molecular weight excluding hydrogens is 999 g/mol. The highest BCUT2D eigenvalue weighted by Crippen LogP contribution is 2.52. The molecule has 0 atom stereocenters. The van der Waals surface area contributed by atoms with Crippen LogP contribution in [0.5, 0.6) is 0 Å². The van der Waals surface area contributed by atoms with Crippen LogP contribution in [0.15, 0.2) is 118 Å². The number of allylic oxidation sites excluding steroid dienone is 12. The van der Waals surface area contributed by atoms with Gasteiger partial charge < -0.3 is 24.2 Å². The molecule has 0 bridgehead atoms. The van der Waals surface area contributed by atoms with Gasteiger partial charge in [0.15, 0.2) is 0 Å². The summed E-state index contributed by atoms with van der Waals surface area (Å²) in [4.78, 5) is 25.6. The van der Waals surface area contributed by atoms with E-state index < -0.39 is 0 Å². The Bertz CT molecular complexity index is 3250. The molecule has 8 aliphatic rings. The smallest absolute Gasteiger partial charge is 0.269 e. The molecule has 3 aromatic carbocycles. The summed E-state index contributed by atoms with van der Waals surface area (Å²) in [6.45, 7) is 52.9. The summed E-state index contributed by atoms with van der Waals surface area (Å²) in [7, 11) is 0. The van der Waals surface area contributed by atoms with Gasteiger partial charge in [-0.2, -0.15) is 0 Å². The van der Waals surface area contributed by atoms with E-state index in [9.17, 15) is 10.1 Å². The third-order valence-electron chi connectivity index (χ3n) is 18.6. The molecule has 0 radical (unpaired) electrons. The first-order chi connectivity index (χ1) is 38.1. The first-order valence-electron chi connectivity index (χ1n) is 29.0. The molecule has 81 heavy (non-hydrogen) atoms. The SMILES string of the molecule is CC1(C)CCN2CCC(C)(C)c3cc(C=O)cc1c32.[C-]#[N+]C(C#N)=C1C=C(/C=C/c2cc3c4c(c2)C(C)(C)CCN4CCC3(C)C)OC(/C=C/c2cc3c4c(c2)C(C)(C)CCN4CCC3(C)C)=C1.[C-]#[N+]C(C#N)=C1C=C(C)OC(C)=C1. The van der Waals surface area contributed by atoms with Gasteiger partial charge >= 0.3 is 0 Å². The summed E-state index contributed by atoms with van der Waals surface area (Å²) >= 11 is 0. The minimum atomic E-state index is 0.0590. The number of rotatable bonds is 5. The fraction of sp³-hybridized carbons (Fsp3) is 0.451. The van der Waals surface area contributed by atoms with Crippen molar-refractivity contribution in [1.82, 2.24) is 0 Å². The number of hydrogen-bond donors (Lipinski definition) is 0. The summed E-state index contributed by atoms with van der Waals surface area (Å²) in [5, 5.41) is 18.4. The third-order valence-corrected chi connectivity index (χ3v) is 18.6. The number of benzene rings is 3. The Morgan fingerprint density at radius 2 is 0.728 bits per heavy atom. The average molecular weight is 1080 g/mol. The molecule has 8 aliphatic heterocycles. The van der Waals surface area contributed by atoms with Gasteiger partial charge in [0.1, 0.15) is 17.8 Å². The zero-order valence-electron chi connectivity index (χ0n) is 50.5. The third kappa shape index (κ3) is 11.5. The molecule has 3 aromatic rings. The van der Waals surface area contributed by atoms with E-state index in [4.69, 9.17) is 27.9 Å². The van der Waals surface area contributed by atoms with Crippen LogP contribution in [-0.4, -0.2) is 45.6 Å². The molecule has 0 saturated heterocycles. The van der Waals surface area contributed by atoms with E-state index in [0.717, 1.165) is 87.9 Å². The number of anilines is 3. The topological polar surface area (TPSA) is 102 Å². The molecule has 0 unspecified atom stereocenters. The van der Waals surface area contributed by atoms with Crippen molar-refractivity contribution in [2.24, 2.45) is 0 Å². The summed E-state index contributed by atoms with van der Waals surface area (Å²) in [6, 6.07) is 17.6. The summed E-state index contributed by atoms with van der Waals surface area (Å²) < 4.78 is 11.7. The van der Waals surface area contributed by atoms with Gasteiger partial charge in [0.25, 0.3) is 11.4 Å². The van der Waals surface area contributed by atoms with Crippen LogP contribution < -0.4 is 14.7 Å². The van der Waals surface area contributed by atoms with Crippen molar-refractivity contribution in [3.63, 3.8) is 0 Å². The van der Waals surface area contributed by atoms with Crippen molar-refractivity contribution in [3.8, 4) is 12.1 Å². The van der Waals surface area contributed by atoms with E-state index in [-0.39, 0.29) is 43.9 Å². The fourth-order valence-electron chi connectivity index (χ4n) is 13.1. The maximum Gasteiger partial charge on any atom is 0.269 e. The van der Waals surface area contributed by atoms with Crippen LogP contribution in [0.2, 0.25) is 0 Å². The van der Waals surface area contributed by atoms with Gasteiger partial charge in [-0.15, -0.1) is 0 Å². The molecule has 0 saturated carbocycles. The van der Waals surface area contributed by atoms with Gasteiger partial charge in [-0.1, -0.05) is 95.2 Å². The molecule has 8 heterocycles. The zero-order valence-corrected chi connectivity index (χ0v) is 50.5. The first-order valence-corrected chi connectivity index (χ1v) is 29.0. The van der Waals surface area contributed by atoms with Gasteiger partial charge in [0.2, 0.25) is 0 Å². The lowest BCUT2D eigenvalue weighted by Gasteiger charge is -2.48. The van der Waals surface area contributed by atoms with E-state index in [1.54, 1.807) is 26.0 Å². The lowest BCUT2D eigenvalue weighted by atomic mass is 9.69. The Morgan fingerprint density at radius 1 is 0.457 bits per heavy atom. The summed E-state index contributed by atoms with van der Waals surface area (Å²) in [5.74, 6) is 2.62. The molecule has 0 amide bonds. The zero-order chi connectivity index (χ0) is 58.6. The Hall–Kier alpha value is -7.79. The second-order valence-corrected chi connectivity index (χ2v) is 27.3. The van der Waals surface area contributed by atoms with E-state index in [1.165, 1.54) is 63.3 Å². The molecule has 11 rings (SSSR count). The van der Waals surface area contributed by atoms with Gasteiger partial charge in [0, 0.05) is 61.9 Å². The second kappa shape index (κ2) is 21.6. The van der Waals surface area contributed by atoms with E-state index in [0.29, 0.717) is 34.2 Å². The van der Waals surface area contributed by atoms with Crippen LogP contribution in [0.1, 0.15) is 190 Å². The van der Waals surface area contributed by atoms with Crippen LogP contribution in [0, 0.1) is 35.8 Å². The van der Waals surface area contributed by atoms with Crippen LogP contribution >= 0.6 is 0 Å². The first kappa shape index (κ1) is 57.9. The van der Waals surface area contributed by atoms with Crippen molar-refractivity contribution >= 4 is 35.5 Å². The van der Waals surface area contributed by atoms with Crippen LogP contribution in [0.4, 0.5) is 17.1 Å². The molecule has 10 nitrogen and oxygen atoms in total. The minimum absolute atomic E-state index is 0.0590. The Morgan fingerprint density at radius 3 is 0.988 bits per heavy atom. The standard InChI is InChI=1S/C44H50N4O.C17H23NO.C10H8N2O/c1-41(2)14-18-47-19-15-42(3,4)35-23-29(22-34(41)39(35)47)10-12-32-26-31(38(28-45)46-9)27-33(49-32)13-11-30-24-36-40-37(25-30)44(7,8)17-21-48(40)20-16-43(36,5)6;1-16(2)5-7-18-8-6-17(3,4)14-10-12(11-19)9-13(16)15(14)18;1-7-4-9(5-8(2)13-7)10(6-11)12-3/h10-13,22-27H,14-21H2,1-8H3;9-11H,5-8H2,1-4H3;4-5H,1-2H3/b12-10+,13-11+;;. The second-order valence-electron chi connectivity index (χ2n) is 27.3. The van der Waals surface area contributed by atoms with Crippen molar-refractivity contribution in [3.05, 3.63) is 191 Å². The van der Waals surface area contributed by atoms with Crippen molar-refractivity contribution in [2.75, 3.05) is 54.0 Å². The number of ether oxygens (including phenoxy) is 2. The summed E-state index contributed by atoms with van der Waals surface area (Å²) in [5.41, 5.74) is 17.9. The number of carbonyl (C=O) groups is 1. The monoisotopic (exact) mass is 1080 g/mol. The van der Waals surface area contributed by atoms with E-state index >= 15 is 0 Å². The van der Waals surface area contributed by atoms with Gasteiger partial charge in [-0.25, -0.2) is 20.2 Å². The van der Waals surface area contributed by atoms with E-state index in [1.807, 2.05) is 30.4 Å². The molecule has 10 heteroatoms. The lowest BCUT2D eigenvalue weighted by molar-refractivity contribution is 0.112. The molecule has 418 valence electrons. The Labute approximate surface area is 483 Å². The average Bonchev–Trinajstić information content (AvgIpc) is 3.51. The summed E-state index contributed by atoms with van der Waals surface area (Å²) in [6.07, 6.45) is 23.1.